The number of rotatable bonds is 2. The number of hydrogen-bond acceptors (Lipinski definition) is 5. The molecule has 0 spiro atoms. The molecule has 0 atom stereocenters. The molecule has 1 aliphatic carbocycles. The number of nitrogens with two attached hydrogens (primary N) is 1. The van der Waals surface area contributed by atoms with E-state index in [1.54, 1.807) is 7.11 Å². The lowest BCUT2D eigenvalue weighted by atomic mass is 9.92. The fourth-order valence-electron chi connectivity index (χ4n) is 3.22. The van der Waals surface area contributed by atoms with Gasteiger partial charge in [-0.1, -0.05) is 6.42 Å². The predicted octanol–water partition coefficient (Wildman–Crippen LogP) is 1.98. The van der Waals surface area contributed by atoms with Crippen LogP contribution in [0.2, 0.25) is 0 Å². The van der Waals surface area contributed by atoms with Crippen LogP contribution in [0, 0.1) is 0 Å². The maximum absolute atomic E-state index is 6.19. The molecule has 2 heterocycles. The van der Waals surface area contributed by atoms with Gasteiger partial charge in [-0.05, 0) is 25.7 Å². The van der Waals surface area contributed by atoms with E-state index in [-0.39, 0.29) is 0 Å². The topological polar surface area (TPSA) is 70.3 Å². The van der Waals surface area contributed by atoms with Crippen LogP contribution < -0.4 is 5.73 Å². The molecule has 20 heavy (non-hydrogen) atoms. The van der Waals surface area contributed by atoms with Crippen LogP contribution in [0.5, 0.6) is 0 Å². The van der Waals surface area contributed by atoms with E-state index in [1.807, 2.05) is 0 Å². The van der Waals surface area contributed by atoms with Gasteiger partial charge in [-0.3, -0.25) is 0 Å². The van der Waals surface area contributed by atoms with Crippen LogP contribution in [0.4, 0.5) is 5.82 Å². The molecule has 0 unspecified atom stereocenters. The smallest absolute Gasteiger partial charge is 0.163 e. The van der Waals surface area contributed by atoms with Crippen LogP contribution in [0.3, 0.4) is 0 Å². The second kappa shape index (κ2) is 5.66. The number of nitrogens with zero attached hydrogens (tertiary/aromatic N) is 2. The minimum Gasteiger partial charge on any atom is -0.383 e. The van der Waals surface area contributed by atoms with Crippen LogP contribution in [-0.4, -0.2) is 30.3 Å². The van der Waals surface area contributed by atoms with E-state index in [2.05, 4.69) is 4.98 Å². The summed E-state index contributed by atoms with van der Waals surface area (Å²) < 4.78 is 11.2. The highest BCUT2D eigenvalue weighted by Gasteiger charge is 2.38. The summed E-state index contributed by atoms with van der Waals surface area (Å²) in [6.45, 7) is 1.38. The first-order chi connectivity index (χ1) is 9.75. The molecule has 5 heteroatoms. The monoisotopic (exact) mass is 277 g/mol. The zero-order valence-corrected chi connectivity index (χ0v) is 12.2. The number of aryl methyl sites for hydroxylation is 1. The van der Waals surface area contributed by atoms with Crippen LogP contribution in [0.1, 0.15) is 49.2 Å². The normalized spacial score (nSPS) is 22.1. The van der Waals surface area contributed by atoms with Gasteiger partial charge in [0, 0.05) is 44.4 Å². The highest BCUT2D eigenvalue weighted by molar-refractivity contribution is 5.43. The molecule has 1 aliphatic heterocycles. The summed E-state index contributed by atoms with van der Waals surface area (Å²) in [6, 6.07) is 0. The highest BCUT2D eigenvalue weighted by atomic mass is 16.5. The van der Waals surface area contributed by atoms with Crippen molar-refractivity contribution in [1.29, 1.82) is 0 Å². The lowest BCUT2D eigenvalue weighted by molar-refractivity contribution is -0.1000. The first-order valence-corrected chi connectivity index (χ1v) is 7.54. The summed E-state index contributed by atoms with van der Waals surface area (Å²) in [6.07, 6.45) is 7.21. The van der Waals surface area contributed by atoms with Crippen molar-refractivity contribution in [3.63, 3.8) is 0 Å². The van der Waals surface area contributed by atoms with Crippen molar-refractivity contribution in [2.45, 2.75) is 50.5 Å². The predicted molar refractivity (Wildman–Crippen MR) is 76.4 cm³/mol. The standard InChI is InChI=1S/C15H23N3O2/c1-19-15(7-9-20-10-8-15)14-17-12-6-4-2-3-5-11(12)13(16)18-14/h2-10H2,1H3,(H2,16,17,18). The number of anilines is 1. The maximum atomic E-state index is 6.19. The molecule has 1 saturated heterocycles. The van der Waals surface area contributed by atoms with Crippen molar-refractivity contribution in [3.8, 4) is 0 Å². The van der Waals surface area contributed by atoms with Crippen molar-refractivity contribution in [3.05, 3.63) is 17.1 Å². The number of hydrogen-bond donors (Lipinski definition) is 1. The fourth-order valence-corrected chi connectivity index (χ4v) is 3.22. The summed E-state index contributed by atoms with van der Waals surface area (Å²) in [5.41, 5.74) is 8.06. The highest BCUT2D eigenvalue weighted by Crippen LogP contribution is 2.35. The molecule has 1 aromatic rings. The Morgan fingerprint density at radius 3 is 2.60 bits per heavy atom. The number of nitrogen functional groups attached to an aromatic ring is 1. The van der Waals surface area contributed by atoms with Gasteiger partial charge in [0.2, 0.25) is 0 Å². The molecule has 0 aromatic carbocycles. The summed E-state index contributed by atoms with van der Waals surface area (Å²) in [5.74, 6) is 1.40. The van der Waals surface area contributed by atoms with Crippen molar-refractivity contribution in [2.24, 2.45) is 0 Å². The van der Waals surface area contributed by atoms with Crippen molar-refractivity contribution in [2.75, 3.05) is 26.1 Å². The van der Waals surface area contributed by atoms with Crippen molar-refractivity contribution < 1.29 is 9.47 Å². The van der Waals surface area contributed by atoms with E-state index in [4.69, 9.17) is 20.2 Å². The molecule has 1 fully saturated rings. The molecule has 3 rings (SSSR count). The van der Waals surface area contributed by atoms with Crippen LogP contribution in [0.25, 0.3) is 0 Å². The molecule has 5 nitrogen and oxygen atoms in total. The number of ether oxygens (including phenoxy) is 2. The summed E-state index contributed by atoms with van der Waals surface area (Å²) in [4.78, 5) is 9.41. The van der Waals surface area contributed by atoms with Gasteiger partial charge < -0.3 is 15.2 Å². The Labute approximate surface area is 119 Å². The molecule has 0 bridgehead atoms. The second-order valence-electron chi connectivity index (χ2n) is 5.73. The van der Waals surface area contributed by atoms with Gasteiger partial charge in [-0.25, -0.2) is 9.97 Å². The molecule has 0 saturated carbocycles. The minimum absolute atomic E-state index is 0.423. The third-order valence-corrected chi connectivity index (χ3v) is 4.56. The summed E-state index contributed by atoms with van der Waals surface area (Å²) >= 11 is 0. The van der Waals surface area contributed by atoms with Gasteiger partial charge in [0.15, 0.2) is 5.82 Å². The summed E-state index contributed by atoms with van der Waals surface area (Å²) in [7, 11) is 1.73. The average molecular weight is 277 g/mol. The zero-order valence-electron chi connectivity index (χ0n) is 12.2. The second-order valence-corrected chi connectivity index (χ2v) is 5.73. The molecular weight excluding hydrogens is 254 g/mol. The molecule has 0 radical (unpaired) electrons. The maximum Gasteiger partial charge on any atom is 0.163 e. The zero-order chi connectivity index (χ0) is 14.0. The Hall–Kier alpha value is -1.20. The van der Waals surface area contributed by atoms with Gasteiger partial charge in [0.25, 0.3) is 0 Å². The van der Waals surface area contributed by atoms with Gasteiger partial charge in [0.05, 0.1) is 0 Å². The van der Waals surface area contributed by atoms with E-state index in [0.29, 0.717) is 19.0 Å². The lowest BCUT2D eigenvalue weighted by Gasteiger charge is -2.34. The van der Waals surface area contributed by atoms with E-state index in [1.165, 1.54) is 19.3 Å². The fraction of sp³-hybridized carbons (Fsp3) is 0.733. The summed E-state index contributed by atoms with van der Waals surface area (Å²) in [5, 5.41) is 0. The van der Waals surface area contributed by atoms with Crippen molar-refractivity contribution in [1.82, 2.24) is 9.97 Å². The molecule has 1 aromatic heterocycles. The van der Waals surface area contributed by atoms with Gasteiger partial charge >= 0.3 is 0 Å². The Morgan fingerprint density at radius 2 is 1.85 bits per heavy atom. The number of methoxy groups -OCH3 is 1. The molecule has 2 N–H and O–H groups in total. The molecule has 110 valence electrons. The van der Waals surface area contributed by atoms with E-state index < -0.39 is 5.60 Å². The van der Waals surface area contributed by atoms with Gasteiger partial charge in [0.1, 0.15) is 11.4 Å². The third-order valence-electron chi connectivity index (χ3n) is 4.56. The Bertz CT molecular complexity index is 484. The molecule has 2 aliphatic rings. The van der Waals surface area contributed by atoms with Gasteiger partial charge in [-0.15, -0.1) is 0 Å². The molecular formula is C15H23N3O2. The number of aromatic nitrogens is 2. The SMILES string of the molecule is COC1(c2nc(N)c3c(n2)CCCCC3)CCOCC1. The first kappa shape index (κ1) is 13.8. The van der Waals surface area contributed by atoms with E-state index >= 15 is 0 Å². The minimum atomic E-state index is -0.423. The first-order valence-electron chi connectivity index (χ1n) is 7.54. The quantitative estimate of drug-likeness (QED) is 0.837. The van der Waals surface area contributed by atoms with Crippen molar-refractivity contribution >= 4 is 5.82 Å². The average Bonchev–Trinajstić information content (AvgIpc) is 2.73. The molecule has 0 amide bonds. The Kier molecular flexibility index (Phi) is 3.89. The third kappa shape index (κ3) is 2.40. The van der Waals surface area contributed by atoms with E-state index in [9.17, 15) is 0 Å². The van der Waals surface area contributed by atoms with E-state index in [0.717, 1.165) is 42.8 Å². The number of fused-ring (bicyclic) bond motifs is 1. The largest absolute Gasteiger partial charge is 0.383 e. The van der Waals surface area contributed by atoms with Gasteiger partial charge in [-0.2, -0.15) is 0 Å². The van der Waals surface area contributed by atoms with Crippen LogP contribution >= 0.6 is 0 Å². The Morgan fingerprint density at radius 1 is 1.10 bits per heavy atom. The Balaban J connectivity index is 2.01. The van der Waals surface area contributed by atoms with Crippen LogP contribution in [0.15, 0.2) is 0 Å². The lowest BCUT2D eigenvalue weighted by Crippen LogP contribution is -2.38. The van der Waals surface area contributed by atoms with Crippen LogP contribution in [-0.2, 0) is 27.9 Å².